The summed E-state index contributed by atoms with van der Waals surface area (Å²) < 4.78 is 2.75. The van der Waals surface area contributed by atoms with Crippen LogP contribution >= 0.6 is 34.4 Å². The minimum Gasteiger partial charge on any atom is -0.274 e. The third-order valence-corrected chi connectivity index (χ3v) is 3.23. The molecule has 78 valence electrons. The number of thioether (sulfide) groups is 1. The van der Waals surface area contributed by atoms with Crippen molar-refractivity contribution in [1.82, 2.24) is 19.7 Å². The molecule has 0 unspecified atom stereocenters. The Balaban J connectivity index is 2.49. The average molecular weight is 332 g/mol. The monoisotopic (exact) mass is 332 g/mol. The molecule has 0 radical (unpaired) electrons. The molecule has 4 nitrogen and oxygen atoms in total. The van der Waals surface area contributed by atoms with Crippen LogP contribution in [0.3, 0.4) is 0 Å². The molecule has 2 aromatic heterocycles. The lowest BCUT2D eigenvalue weighted by atomic mass is 10.2. The smallest absolute Gasteiger partial charge is 0.187 e. The number of aryl methyl sites for hydroxylation is 1. The topological polar surface area (TPSA) is 43.6 Å². The minimum absolute atomic E-state index is 0.784. The van der Waals surface area contributed by atoms with Gasteiger partial charge in [0.05, 0.1) is 11.3 Å². The first kappa shape index (κ1) is 10.9. The van der Waals surface area contributed by atoms with Crippen LogP contribution in [0.4, 0.5) is 0 Å². The minimum atomic E-state index is 0.784. The Morgan fingerprint density at radius 1 is 1.47 bits per heavy atom. The number of aromatic nitrogens is 4. The van der Waals surface area contributed by atoms with Crippen LogP contribution in [0.5, 0.6) is 0 Å². The van der Waals surface area contributed by atoms with Gasteiger partial charge in [-0.25, -0.2) is 9.97 Å². The summed E-state index contributed by atoms with van der Waals surface area (Å²) in [6.07, 6.45) is 5.71. The molecular formula is C9H9IN4S. The highest BCUT2D eigenvalue weighted by Crippen LogP contribution is 2.23. The van der Waals surface area contributed by atoms with E-state index in [0.29, 0.717) is 0 Å². The normalized spacial score (nSPS) is 10.6. The zero-order valence-corrected chi connectivity index (χ0v) is 11.3. The lowest BCUT2D eigenvalue weighted by molar-refractivity contribution is 0.760. The van der Waals surface area contributed by atoms with Gasteiger partial charge in [-0.05, 0) is 34.9 Å². The predicted molar refractivity (Wildman–Crippen MR) is 68.7 cm³/mol. The number of nitrogens with zero attached hydrogens (tertiary/aromatic N) is 4. The van der Waals surface area contributed by atoms with Gasteiger partial charge < -0.3 is 0 Å². The molecule has 6 heteroatoms. The molecule has 0 aliphatic rings. The van der Waals surface area contributed by atoms with Gasteiger partial charge >= 0.3 is 0 Å². The lowest BCUT2D eigenvalue weighted by Crippen LogP contribution is -1.88. The van der Waals surface area contributed by atoms with E-state index < -0.39 is 0 Å². The van der Waals surface area contributed by atoms with Gasteiger partial charge in [-0.1, -0.05) is 11.8 Å². The summed E-state index contributed by atoms with van der Waals surface area (Å²) in [7, 11) is 1.91. The van der Waals surface area contributed by atoms with Crippen LogP contribution in [0.15, 0.2) is 23.6 Å². The van der Waals surface area contributed by atoms with Crippen molar-refractivity contribution in [2.24, 2.45) is 7.05 Å². The van der Waals surface area contributed by atoms with Crippen molar-refractivity contribution >= 4 is 34.4 Å². The Kier molecular flexibility index (Phi) is 3.25. The Hall–Kier alpha value is -0.630. The van der Waals surface area contributed by atoms with Gasteiger partial charge in [0, 0.05) is 19.4 Å². The Morgan fingerprint density at radius 3 is 2.87 bits per heavy atom. The van der Waals surface area contributed by atoms with E-state index in [-0.39, 0.29) is 0 Å². The quantitative estimate of drug-likeness (QED) is 0.480. The largest absolute Gasteiger partial charge is 0.274 e. The van der Waals surface area contributed by atoms with Gasteiger partial charge in [0.25, 0.3) is 0 Å². The molecule has 0 amide bonds. The van der Waals surface area contributed by atoms with Gasteiger partial charge in [0.2, 0.25) is 0 Å². The summed E-state index contributed by atoms with van der Waals surface area (Å²) in [6.45, 7) is 0. The number of hydrogen-bond donors (Lipinski definition) is 0. The second kappa shape index (κ2) is 4.48. The van der Waals surface area contributed by atoms with Crippen molar-refractivity contribution in [2.45, 2.75) is 5.16 Å². The third-order valence-electron chi connectivity index (χ3n) is 1.88. The summed E-state index contributed by atoms with van der Waals surface area (Å²) in [5, 5.41) is 5.06. The first-order chi connectivity index (χ1) is 7.20. The molecule has 15 heavy (non-hydrogen) atoms. The average Bonchev–Trinajstić information content (AvgIpc) is 2.58. The van der Waals surface area contributed by atoms with E-state index >= 15 is 0 Å². The van der Waals surface area contributed by atoms with Gasteiger partial charge in [-0.15, -0.1) is 0 Å². The maximum Gasteiger partial charge on any atom is 0.187 e. The van der Waals surface area contributed by atoms with Crippen LogP contribution < -0.4 is 0 Å². The third kappa shape index (κ3) is 2.31. The van der Waals surface area contributed by atoms with Gasteiger partial charge in [0.15, 0.2) is 5.16 Å². The van der Waals surface area contributed by atoms with Crippen molar-refractivity contribution in [2.75, 3.05) is 6.26 Å². The fourth-order valence-electron chi connectivity index (χ4n) is 1.22. The van der Waals surface area contributed by atoms with Gasteiger partial charge in [0.1, 0.15) is 3.70 Å². The van der Waals surface area contributed by atoms with E-state index in [2.05, 4.69) is 37.7 Å². The van der Waals surface area contributed by atoms with Gasteiger partial charge in [-0.3, -0.25) is 4.68 Å². The first-order valence-electron chi connectivity index (χ1n) is 4.27. The highest BCUT2D eigenvalue weighted by Gasteiger charge is 2.09. The standard InChI is InChI=1S/C9H9IN4S/c1-14-5-6(8(10)13-14)7-3-4-11-9(12-7)15-2/h3-5H,1-2H3. The fourth-order valence-corrected chi connectivity index (χ4v) is 2.33. The molecule has 0 saturated carbocycles. The molecular weight excluding hydrogens is 323 g/mol. The maximum atomic E-state index is 4.43. The molecule has 0 saturated heterocycles. The van der Waals surface area contributed by atoms with Crippen LogP contribution in [-0.4, -0.2) is 26.0 Å². The van der Waals surface area contributed by atoms with E-state index in [4.69, 9.17) is 0 Å². The van der Waals surface area contributed by atoms with Crippen LogP contribution in [0.25, 0.3) is 11.3 Å². The summed E-state index contributed by atoms with van der Waals surface area (Å²) in [5.41, 5.74) is 1.97. The fraction of sp³-hybridized carbons (Fsp3) is 0.222. The van der Waals surface area contributed by atoms with Gasteiger partial charge in [-0.2, -0.15) is 5.10 Å². The zero-order chi connectivity index (χ0) is 10.8. The second-order valence-corrected chi connectivity index (χ2v) is 4.73. The van der Waals surface area contributed by atoms with E-state index in [1.165, 1.54) is 11.8 Å². The Bertz CT molecular complexity index is 483. The molecule has 0 atom stereocenters. The van der Waals surface area contributed by atoms with Crippen molar-refractivity contribution in [3.63, 3.8) is 0 Å². The van der Waals surface area contributed by atoms with E-state index in [1.807, 2.05) is 25.6 Å². The molecule has 0 aliphatic carbocycles. The summed E-state index contributed by atoms with van der Waals surface area (Å²) in [4.78, 5) is 8.57. The lowest BCUT2D eigenvalue weighted by Gasteiger charge is -1.98. The van der Waals surface area contributed by atoms with Crippen molar-refractivity contribution in [3.8, 4) is 11.3 Å². The SMILES string of the molecule is CSc1nccc(-c2cn(C)nc2I)n1. The first-order valence-corrected chi connectivity index (χ1v) is 6.57. The number of rotatable bonds is 2. The summed E-state index contributed by atoms with van der Waals surface area (Å²) in [6, 6.07) is 1.90. The zero-order valence-electron chi connectivity index (χ0n) is 8.31. The molecule has 2 heterocycles. The highest BCUT2D eigenvalue weighted by molar-refractivity contribution is 14.1. The maximum absolute atomic E-state index is 4.43. The Morgan fingerprint density at radius 2 is 2.27 bits per heavy atom. The molecule has 0 aliphatic heterocycles. The van der Waals surface area contributed by atoms with E-state index in [1.54, 1.807) is 10.9 Å². The number of halogens is 1. The molecule has 2 aromatic rings. The predicted octanol–water partition coefficient (Wildman–Crippen LogP) is 2.20. The van der Waals surface area contributed by atoms with Crippen LogP contribution in [0.2, 0.25) is 0 Å². The van der Waals surface area contributed by atoms with E-state index in [9.17, 15) is 0 Å². The molecule has 0 aromatic carbocycles. The van der Waals surface area contributed by atoms with Crippen LogP contribution in [0, 0.1) is 3.70 Å². The second-order valence-electron chi connectivity index (χ2n) is 2.94. The molecule has 0 spiro atoms. The summed E-state index contributed by atoms with van der Waals surface area (Å²) >= 11 is 3.75. The molecule has 0 bridgehead atoms. The highest BCUT2D eigenvalue weighted by atomic mass is 127. The van der Waals surface area contributed by atoms with Crippen LogP contribution in [-0.2, 0) is 7.05 Å². The number of hydrogen-bond acceptors (Lipinski definition) is 4. The van der Waals surface area contributed by atoms with Crippen molar-refractivity contribution in [1.29, 1.82) is 0 Å². The molecule has 0 fully saturated rings. The molecule has 2 rings (SSSR count). The van der Waals surface area contributed by atoms with Crippen molar-refractivity contribution < 1.29 is 0 Å². The Labute approximate surface area is 106 Å². The molecule has 0 N–H and O–H groups in total. The summed E-state index contributed by atoms with van der Waals surface area (Å²) in [5.74, 6) is 0. The van der Waals surface area contributed by atoms with E-state index in [0.717, 1.165) is 20.1 Å². The van der Waals surface area contributed by atoms with Crippen molar-refractivity contribution in [3.05, 3.63) is 22.2 Å². The van der Waals surface area contributed by atoms with Crippen LogP contribution in [0.1, 0.15) is 0 Å².